The SMILES string of the molecule is OCC1OC(O)C(O)C(OC2C3COC2C(O)C(O)O3)O1. The van der Waals surface area contributed by atoms with Crippen molar-refractivity contribution in [1.29, 1.82) is 0 Å². The summed E-state index contributed by atoms with van der Waals surface area (Å²) in [6, 6.07) is 0. The highest BCUT2D eigenvalue weighted by Crippen LogP contribution is 2.33. The van der Waals surface area contributed by atoms with Crippen LogP contribution in [0.2, 0.25) is 0 Å². The van der Waals surface area contributed by atoms with E-state index in [1.165, 1.54) is 0 Å². The number of hydrogen-bond acceptors (Lipinski definition) is 10. The Hall–Kier alpha value is -0.400. The van der Waals surface area contributed by atoms with E-state index in [0.29, 0.717) is 0 Å². The van der Waals surface area contributed by atoms with Gasteiger partial charge in [-0.1, -0.05) is 0 Å². The third-order valence-corrected chi connectivity index (χ3v) is 3.67. The molecule has 10 nitrogen and oxygen atoms in total. The Bertz CT molecular complexity index is 367. The summed E-state index contributed by atoms with van der Waals surface area (Å²) in [6.45, 7) is -0.426. The van der Waals surface area contributed by atoms with Crippen LogP contribution in [-0.4, -0.2) is 94.4 Å². The molecule has 0 saturated carbocycles. The summed E-state index contributed by atoms with van der Waals surface area (Å²) in [7, 11) is 0. The molecule has 3 aliphatic heterocycles. The second-order valence-corrected chi connectivity index (χ2v) is 5.09. The van der Waals surface area contributed by atoms with E-state index in [-0.39, 0.29) is 6.61 Å². The van der Waals surface area contributed by atoms with E-state index in [1.54, 1.807) is 0 Å². The fraction of sp³-hybridized carbons (Fsp3) is 1.00. The lowest BCUT2D eigenvalue weighted by Crippen LogP contribution is -2.59. The van der Waals surface area contributed by atoms with Gasteiger partial charge >= 0.3 is 0 Å². The maximum absolute atomic E-state index is 9.79. The van der Waals surface area contributed by atoms with Crippen LogP contribution in [0.3, 0.4) is 0 Å². The molecular weight excluding hydrogens is 292 g/mol. The van der Waals surface area contributed by atoms with Gasteiger partial charge in [-0.15, -0.1) is 0 Å². The monoisotopic (exact) mass is 310 g/mol. The van der Waals surface area contributed by atoms with E-state index < -0.39 is 62.3 Å². The average molecular weight is 310 g/mol. The van der Waals surface area contributed by atoms with Crippen molar-refractivity contribution >= 4 is 0 Å². The van der Waals surface area contributed by atoms with Crippen LogP contribution in [0.4, 0.5) is 0 Å². The summed E-state index contributed by atoms with van der Waals surface area (Å²) in [5.41, 5.74) is 0. The quantitative estimate of drug-likeness (QED) is 0.352. The van der Waals surface area contributed by atoms with Gasteiger partial charge in [-0.2, -0.15) is 0 Å². The topological polar surface area (TPSA) is 147 Å². The van der Waals surface area contributed by atoms with Crippen molar-refractivity contribution in [2.75, 3.05) is 13.2 Å². The predicted molar refractivity (Wildman–Crippen MR) is 60.3 cm³/mol. The summed E-state index contributed by atoms with van der Waals surface area (Å²) < 4.78 is 25.9. The lowest BCUT2D eigenvalue weighted by atomic mass is 10.0. The zero-order valence-corrected chi connectivity index (χ0v) is 10.9. The van der Waals surface area contributed by atoms with Crippen molar-refractivity contribution in [1.82, 2.24) is 0 Å². The number of ether oxygens (including phenoxy) is 5. The molecule has 3 heterocycles. The molecular formula is C11H18O10. The first-order valence-electron chi connectivity index (χ1n) is 6.58. The molecule has 0 aromatic heterocycles. The minimum absolute atomic E-state index is 0.106. The lowest BCUT2D eigenvalue weighted by molar-refractivity contribution is -0.399. The molecule has 3 rings (SSSR count). The third kappa shape index (κ3) is 2.80. The predicted octanol–water partition coefficient (Wildman–Crippen LogP) is -3.78. The number of rotatable bonds is 3. The molecule has 9 atom stereocenters. The largest absolute Gasteiger partial charge is 0.391 e. The Morgan fingerprint density at radius 3 is 2.38 bits per heavy atom. The van der Waals surface area contributed by atoms with Gasteiger partial charge < -0.3 is 49.2 Å². The van der Waals surface area contributed by atoms with E-state index in [9.17, 15) is 20.4 Å². The normalized spacial score (nSPS) is 53.9. The minimum atomic E-state index is -1.58. The van der Waals surface area contributed by atoms with Gasteiger partial charge in [-0.25, -0.2) is 0 Å². The summed E-state index contributed by atoms with van der Waals surface area (Å²) in [5, 5.41) is 47.6. The van der Waals surface area contributed by atoms with Gasteiger partial charge in [0.1, 0.15) is 24.4 Å². The molecule has 3 aliphatic rings. The van der Waals surface area contributed by atoms with Gasteiger partial charge in [0.05, 0.1) is 13.2 Å². The lowest BCUT2D eigenvalue weighted by Gasteiger charge is -2.41. The highest BCUT2D eigenvalue weighted by molar-refractivity contribution is 4.96. The smallest absolute Gasteiger partial charge is 0.192 e. The first-order chi connectivity index (χ1) is 10.0. The summed E-state index contributed by atoms with van der Waals surface area (Å²) in [4.78, 5) is 0. The van der Waals surface area contributed by atoms with Gasteiger partial charge in [0.15, 0.2) is 31.3 Å². The molecule has 0 aliphatic carbocycles. The average Bonchev–Trinajstić information content (AvgIpc) is 2.77. The van der Waals surface area contributed by atoms with Crippen LogP contribution in [0.1, 0.15) is 0 Å². The number of hydrogen-bond donors (Lipinski definition) is 5. The van der Waals surface area contributed by atoms with Crippen molar-refractivity contribution < 1.29 is 49.2 Å². The van der Waals surface area contributed by atoms with E-state index >= 15 is 0 Å². The van der Waals surface area contributed by atoms with Crippen LogP contribution < -0.4 is 0 Å². The Morgan fingerprint density at radius 2 is 1.67 bits per heavy atom. The number of fused-ring (bicyclic) bond motifs is 2. The first-order valence-corrected chi connectivity index (χ1v) is 6.58. The van der Waals surface area contributed by atoms with Crippen molar-refractivity contribution in [3.8, 4) is 0 Å². The maximum atomic E-state index is 9.79. The highest BCUT2D eigenvalue weighted by atomic mass is 16.8. The van der Waals surface area contributed by atoms with E-state index in [4.69, 9.17) is 28.8 Å². The molecule has 10 heteroatoms. The summed E-state index contributed by atoms with van der Waals surface area (Å²) in [5.74, 6) is 0. The Labute approximate surface area is 119 Å². The molecule has 2 bridgehead atoms. The summed E-state index contributed by atoms with van der Waals surface area (Å²) in [6.07, 6.45) is -10.5. The molecule has 0 spiro atoms. The van der Waals surface area contributed by atoms with Crippen molar-refractivity contribution in [2.24, 2.45) is 0 Å². The third-order valence-electron chi connectivity index (χ3n) is 3.67. The number of aliphatic hydroxyl groups is 5. The molecule has 3 fully saturated rings. The van der Waals surface area contributed by atoms with Gasteiger partial charge in [0.2, 0.25) is 0 Å². The van der Waals surface area contributed by atoms with Crippen LogP contribution in [0.25, 0.3) is 0 Å². The number of aliphatic hydroxyl groups excluding tert-OH is 5. The second-order valence-electron chi connectivity index (χ2n) is 5.09. The Morgan fingerprint density at radius 1 is 0.952 bits per heavy atom. The van der Waals surface area contributed by atoms with Crippen LogP contribution in [0, 0.1) is 0 Å². The molecule has 21 heavy (non-hydrogen) atoms. The maximum Gasteiger partial charge on any atom is 0.192 e. The van der Waals surface area contributed by atoms with Crippen molar-refractivity contribution in [3.05, 3.63) is 0 Å². The zero-order chi connectivity index (χ0) is 15.1. The van der Waals surface area contributed by atoms with E-state index in [2.05, 4.69) is 0 Å². The van der Waals surface area contributed by atoms with Gasteiger partial charge in [-0.3, -0.25) is 0 Å². The first kappa shape index (κ1) is 15.5. The van der Waals surface area contributed by atoms with Crippen molar-refractivity contribution in [3.63, 3.8) is 0 Å². The minimum Gasteiger partial charge on any atom is -0.391 e. The molecule has 122 valence electrons. The molecule has 0 aromatic rings. The standard InChI is InChI=1S/C11H18O10/c12-1-4-19-10(16)6(14)11(20-4)21-7-3-2-17-8(7)5(13)9(15)18-3/h3-16H,1-2H2. The van der Waals surface area contributed by atoms with Crippen LogP contribution in [-0.2, 0) is 23.7 Å². The van der Waals surface area contributed by atoms with E-state index in [1.807, 2.05) is 0 Å². The van der Waals surface area contributed by atoms with Gasteiger partial charge in [0, 0.05) is 0 Å². The Balaban J connectivity index is 1.68. The zero-order valence-electron chi connectivity index (χ0n) is 10.9. The fourth-order valence-corrected chi connectivity index (χ4v) is 2.59. The van der Waals surface area contributed by atoms with Crippen LogP contribution in [0.5, 0.6) is 0 Å². The highest BCUT2D eigenvalue weighted by Gasteiger charge is 2.53. The van der Waals surface area contributed by atoms with Crippen molar-refractivity contribution in [2.45, 2.75) is 55.7 Å². The second kappa shape index (κ2) is 6.01. The molecule has 0 aromatic carbocycles. The Kier molecular flexibility index (Phi) is 4.43. The molecule has 5 N–H and O–H groups in total. The molecule has 9 unspecified atom stereocenters. The summed E-state index contributed by atoms with van der Waals surface area (Å²) >= 11 is 0. The molecule has 0 amide bonds. The molecule has 3 saturated heterocycles. The molecule has 0 radical (unpaired) electrons. The fourth-order valence-electron chi connectivity index (χ4n) is 2.59. The van der Waals surface area contributed by atoms with Gasteiger partial charge in [0.25, 0.3) is 0 Å². The van der Waals surface area contributed by atoms with E-state index in [0.717, 1.165) is 0 Å². The van der Waals surface area contributed by atoms with Gasteiger partial charge in [-0.05, 0) is 0 Å². The van der Waals surface area contributed by atoms with Crippen LogP contribution in [0.15, 0.2) is 0 Å². The van der Waals surface area contributed by atoms with Crippen LogP contribution >= 0.6 is 0 Å².